The van der Waals surface area contributed by atoms with Crippen molar-refractivity contribution in [2.75, 3.05) is 14.2 Å². The predicted molar refractivity (Wildman–Crippen MR) is 95.0 cm³/mol. The third kappa shape index (κ3) is 3.30. The van der Waals surface area contributed by atoms with E-state index in [2.05, 4.69) is 9.97 Å². The summed E-state index contributed by atoms with van der Waals surface area (Å²) in [7, 11) is 3.24. The Bertz CT molecular complexity index is 804. The van der Waals surface area contributed by atoms with Gasteiger partial charge < -0.3 is 19.2 Å². The Morgan fingerprint density at radius 3 is 2.12 bits per heavy atom. The van der Waals surface area contributed by atoms with Gasteiger partial charge in [0.1, 0.15) is 17.2 Å². The summed E-state index contributed by atoms with van der Waals surface area (Å²) in [4.78, 5) is 7.96. The maximum atomic E-state index is 5.85. The van der Waals surface area contributed by atoms with Crippen molar-refractivity contribution in [1.29, 1.82) is 0 Å². The molecule has 3 aromatic rings. The summed E-state index contributed by atoms with van der Waals surface area (Å²) >= 11 is 0. The predicted octanol–water partition coefficient (Wildman–Crippen LogP) is 4.42. The first kappa shape index (κ1) is 16.2. The average Bonchev–Trinajstić information content (AvgIpc) is 2.95. The molecule has 0 amide bonds. The Morgan fingerprint density at radius 1 is 0.917 bits per heavy atom. The van der Waals surface area contributed by atoms with Crippen molar-refractivity contribution in [3.8, 4) is 28.6 Å². The van der Waals surface area contributed by atoms with E-state index in [0.717, 1.165) is 28.2 Å². The standard InChI is InChI=1S/C19H22N2O3/c1-19(2,3)24-13-8-6-12(7-9-13)18-20-14-10-16(22-4)17(23-5)11-15(14)21-18/h6-11H,1-5H3,(H,20,21). The first-order valence-corrected chi connectivity index (χ1v) is 7.81. The molecular formula is C19H22N2O3. The van der Waals surface area contributed by atoms with Gasteiger partial charge in [-0.2, -0.15) is 0 Å². The topological polar surface area (TPSA) is 56.4 Å². The fraction of sp³-hybridized carbons (Fsp3) is 0.316. The van der Waals surface area contributed by atoms with Crippen molar-refractivity contribution < 1.29 is 14.2 Å². The van der Waals surface area contributed by atoms with Gasteiger partial charge in [-0.15, -0.1) is 0 Å². The average molecular weight is 326 g/mol. The molecule has 1 N–H and O–H groups in total. The van der Waals surface area contributed by atoms with Crippen molar-refractivity contribution >= 4 is 11.0 Å². The zero-order valence-electron chi connectivity index (χ0n) is 14.6. The molecule has 0 aliphatic heterocycles. The van der Waals surface area contributed by atoms with E-state index in [1.165, 1.54) is 0 Å². The van der Waals surface area contributed by atoms with Crippen LogP contribution in [0.1, 0.15) is 20.8 Å². The molecule has 0 saturated heterocycles. The van der Waals surface area contributed by atoms with Crippen LogP contribution in [-0.4, -0.2) is 29.8 Å². The number of hydrogen-bond acceptors (Lipinski definition) is 4. The number of aromatic amines is 1. The first-order valence-electron chi connectivity index (χ1n) is 7.81. The van der Waals surface area contributed by atoms with Crippen molar-refractivity contribution in [2.45, 2.75) is 26.4 Å². The Balaban J connectivity index is 1.94. The number of H-pyrrole nitrogens is 1. The molecule has 24 heavy (non-hydrogen) atoms. The maximum Gasteiger partial charge on any atom is 0.163 e. The molecular weight excluding hydrogens is 304 g/mol. The van der Waals surface area contributed by atoms with E-state index in [1.807, 2.05) is 57.2 Å². The van der Waals surface area contributed by atoms with Gasteiger partial charge in [-0.1, -0.05) is 0 Å². The van der Waals surface area contributed by atoms with Crippen LogP contribution in [-0.2, 0) is 0 Å². The number of fused-ring (bicyclic) bond motifs is 1. The van der Waals surface area contributed by atoms with Gasteiger partial charge in [0.15, 0.2) is 11.5 Å². The third-order valence-corrected chi connectivity index (χ3v) is 3.54. The lowest BCUT2D eigenvalue weighted by atomic mass is 10.1. The lowest BCUT2D eigenvalue weighted by molar-refractivity contribution is 0.131. The van der Waals surface area contributed by atoms with Crippen molar-refractivity contribution in [3.63, 3.8) is 0 Å². The zero-order chi connectivity index (χ0) is 17.3. The summed E-state index contributed by atoms with van der Waals surface area (Å²) < 4.78 is 16.5. The molecule has 0 fully saturated rings. The summed E-state index contributed by atoms with van der Waals surface area (Å²) in [6.45, 7) is 6.09. The van der Waals surface area contributed by atoms with Crippen LogP contribution in [0.2, 0.25) is 0 Å². The number of nitrogens with zero attached hydrogens (tertiary/aromatic N) is 1. The minimum Gasteiger partial charge on any atom is -0.493 e. The molecule has 3 rings (SSSR count). The van der Waals surface area contributed by atoms with Gasteiger partial charge in [0.25, 0.3) is 0 Å². The van der Waals surface area contributed by atoms with E-state index < -0.39 is 0 Å². The van der Waals surface area contributed by atoms with Crippen LogP contribution >= 0.6 is 0 Å². The highest BCUT2D eigenvalue weighted by Gasteiger charge is 2.13. The quantitative estimate of drug-likeness (QED) is 0.771. The lowest BCUT2D eigenvalue weighted by Gasteiger charge is -2.21. The molecule has 0 spiro atoms. The number of methoxy groups -OCH3 is 2. The number of benzene rings is 2. The zero-order valence-corrected chi connectivity index (χ0v) is 14.6. The van der Waals surface area contributed by atoms with Crippen LogP contribution in [0.3, 0.4) is 0 Å². The monoisotopic (exact) mass is 326 g/mol. The minimum atomic E-state index is -0.214. The minimum absolute atomic E-state index is 0.214. The number of nitrogens with one attached hydrogen (secondary N) is 1. The normalized spacial score (nSPS) is 11.5. The van der Waals surface area contributed by atoms with Crippen molar-refractivity contribution in [1.82, 2.24) is 9.97 Å². The number of rotatable bonds is 4. The molecule has 5 heteroatoms. The van der Waals surface area contributed by atoms with Crippen molar-refractivity contribution in [2.24, 2.45) is 0 Å². The second kappa shape index (κ2) is 6.07. The Labute approximate surface area is 141 Å². The van der Waals surface area contributed by atoms with Gasteiger partial charge in [0.05, 0.1) is 25.3 Å². The van der Waals surface area contributed by atoms with E-state index in [-0.39, 0.29) is 5.60 Å². The molecule has 0 aliphatic rings. The number of ether oxygens (including phenoxy) is 3. The number of imidazole rings is 1. The lowest BCUT2D eigenvalue weighted by Crippen LogP contribution is -2.22. The highest BCUT2D eigenvalue weighted by Crippen LogP contribution is 2.32. The maximum absolute atomic E-state index is 5.85. The Morgan fingerprint density at radius 2 is 1.54 bits per heavy atom. The molecule has 0 bridgehead atoms. The van der Waals surface area contributed by atoms with Gasteiger partial charge in [0, 0.05) is 17.7 Å². The molecule has 0 aliphatic carbocycles. The Kier molecular flexibility index (Phi) is 4.09. The number of aromatic nitrogens is 2. The van der Waals surface area contributed by atoms with Crippen LogP contribution in [0, 0.1) is 0 Å². The molecule has 0 saturated carbocycles. The van der Waals surface area contributed by atoms with E-state index in [1.54, 1.807) is 14.2 Å². The van der Waals surface area contributed by atoms with E-state index in [9.17, 15) is 0 Å². The SMILES string of the molecule is COc1cc2nc(-c3ccc(OC(C)(C)C)cc3)[nH]c2cc1OC. The van der Waals surface area contributed by atoms with E-state index >= 15 is 0 Å². The van der Waals surface area contributed by atoms with Crippen LogP contribution in [0.15, 0.2) is 36.4 Å². The van der Waals surface area contributed by atoms with Gasteiger partial charge in [-0.25, -0.2) is 4.98 Å². The number of hydrogen-bond donors (Lipinski definition) is 1. The summed E-state index contributed by atoms with van der Waals surface area (Å²) in [5.41, 5.74) is 2.51. The summed E-state index contributed by atoms with van der Waals surface area (Å²) in [6, 6.07) is 11.7. The second-order valence-corrected chi connectivity index (χ2v) is 6.55. The largest absolute Gasteiger partial charge is 0.493 e. The molecule has 1 heterocycles. The van der Waals surface area contributed by atoms with E-state index in [4.69, 9.17) is 14.2 Å². The molecule has 126 valence electrons. The fourth-order valence-corrected chi connectivity index (χ4v) is 2.51. The van der Waals surface area contributed by atoms with Gasteiger partial charge >= 0.3 is 0 Å². The van der Waals surface area contributed by atoms with E-state index in [0.29, 0.717) is 11.5 Å². The van der Waals surface area contributed by atoms with Gasteiger partial charge in [-0.05, 0) is 45.0 Å². The summed E-state index contributed by atoms with van der Waals surface area (Å²) in [6.07, 6.45) is 0. The molecule has 0 radical (unpaired) electrons. The van der Waals surface area contributed by atoms with Crippen LogP contribution in [0.5, 0.6) is 17.2 Å². The molecule has 1 aromatic heterocycles. The van der Waals surface area contributed by atoms with Gasteiger partial charge in [0.2, 0.25) is 0 Å². The molecule has 2 aromatic carbocycles. The van der Waals surface area contributed by atoms with Crippen molar-refractivity contribution in [3.05, 3.63) is 36.4 Å². The summed E-state index contributed by atoms with van der Waals surface area (Å²) in [5, 5.41) is 0. The van der Waals surface area contributed by atoms with Crippen LogP contribution in [0.25, 0.3) is 22.4 Å². The van der Waals surface area contributed by atoms with Crippen LogP contribution in [0.4, 0.5) is 0 Å². The second-order valence-electron chi connectivity index (χ2n) is 6.55. The first-order chi connectivity index (χ1) is 11.4. The summed E-state index contributed by atoms with van der Waals surface area (Å²) in [5.74, 6) is 2.97. The highest BCUT2D eigenvalue weighted by atomic mass is 16.5. The molecule has 5 nitrogen and oxygen atoms in total. The Hall–Kier alpha value is -2.69. The third-order valence-electron chi connectivity index (χ3n) is 3.54. The van der Waals surface area contributed by atoms with Gasteiger partial charge in [-0.3, -0.25) is 0 Å². The van der Waals surface area contributed by atoms with Crippen LogP contribution < -0.4 is 14.2 Å². The molecule has 0 unspecified atom stereocenters. The highest BCUT2D eigenvalue weighted by molar-refractivity contribution is 5.83. The fourth-order valence-electron chi connectivity index (χ4n) is 2.51. The molecule has 0 atom stereocenters. The smallest absolute Gasteiger partial charge is 0.163 e.